The van der Waals surface area contributed by atoms with Gasteiger partial charge in [0.25, 0.3) is 0 Å². The third kappa shape index (κ3) is 2.92. The highest BCUT2D eigenvalue weighted by Crippen LogP contribution is 2.41. The molecule has 1 N–H and O–H groups in total. The molecule has 1 heterocycles. The maximum atomic E-state index is 10.5. The van der Waals surface area contributed by atoms with Crippen molar-refractivity contribution in [2.45, 2.75) is 26.4 Å². The predicted octanol–water partition coefficient (Wildman–Crippen LogP) is 4.07. The summed E-state index contributed by atoms with van der Waals surface area (Å²) in [6.07, 6.45) is 0.00521. The van der Waals surface area contributed by atoms with E-state index in [4.69, 9.17) is 9.47 Å². The van der Waals surface area contributed by atoms with Crippen molar-refractivity contribution in [2.75, 3.05) is 6.79 Å². The Morgan fingerprint density at radius 3 is 2.71 bits per heavy atom. The second kappa shape index (κ2) is 5.70. The van der Waals surface area contributed by atoms with Crippen LogP contribution in [0.3, 0.4) is 0 Å². The molecule has 3 rings (SSSR count). The summed E-state index contributed by atoms with van der Waals surface area (Å²) in [4.78, 5) is 0. The number of benzene rings is 2. The van der Waals surface area contributed by atoms with Crippen LogP contribution in [0.5, 0.6) is 11.5 Å². The molecule has 21 heavy (non-hydrogen) atoms. The van der Waals surface area contributed by atoms with Gasteiger partial charge in [0.2, 0.25) is 6.79 Å². The van der Waals surface area contributed by atoms with Gasteiger partial charge in [-0.15, -0.1) is 0 Å². The molecule has 1 aliphatic rings. The van der Waals surface area contributed by atoms with E-state index in [2.05, 4.69) is 48.0 Å². The van der Waals surface area contributed by atoms with Crippen LogP contribution < -0.4 is 9.47 Å². The van der Waals surface area contributed by atoms with Crippen LogP contribution in [0.25, 0.3) is 0 Å². The van der Waals surface area contributed by atoms with Crippen molar-refractivity contribution in [2.24, 2.45) is 0 Å². The topological polar surface area (TPSA) is 38.7 Å². The lowest BCUT2D eigenvalue weighted by molar-refractivity contribution is 0.171. The largest absolute Gasteiger partial charge is 0.454 e. The summed E-state index contributed by atoms with van der Waals surface area (Å²) >= 11 is 3.46. The molecule has 0 aromatic heterocycles. The first-order chi connectivity index (χ1) is 10.0. The molecule has 0 radical (unpaired) electrons. The Bertz CT molecular complexity index is 682. The molecule has 0 amide bonds. The number of hydrogen-bond acceptors (Lipinski definition) is 3. The van der Waals surface area contributed by atoms with Gasteiger partial charge in [-0.2, -0.15) is 0 Å². The number of aryl methyl sites for hydroxylation is 2. The van der Waals surface area contributed by atoms with Crippen molar-refractivity contribution in [3.05, 3.63) is 57.1 Å². The molecule has 0 fully saturated rings. The average molecular weight is 349 g/mol. The summed E-state index contributed by atoms with van der Waals surface area (Å²) < 4.78 is 11.6. The van der Waals surface area contributed by atoms with E-state index in [0.717, 1.165) is 15.6 Å². The van der Waals surface area contributed by atoms with Crippen molar-refractivity contribution < 1.29 is 14.6 Å². The lowest BCUT2D eigenvalue weighted by atomic mass is 9.98. The van der Waals surface area contributed by atoms with Gasteiger partial charge in [0.05, 0.1) is 10.6 Å². The molecule has 3 nitrogen and oxygen atoms in total. The average Bonchev–Trinajstić information content (AvgIpc) is 2.92. The fourth-order valence-corrected chi connectivity index (χ4v) is 3.03. The molecule has 1 unspecified atom stereocenters. The lowest BCUT2D eigenvalue weighted by Gasteiger charge is -2.13. The van der Waals surface area contributed by atoms with Crippen LogP contribution in [0, 0.1) is 13.8 Å². The second-order valence-electron chi connectivity index (χ2n) is 5.38. The molecule has 0 spiro atoms. The molecule has 1 aliphatic heterocycles. The van der Waals surface area contributed by atoms with Crippen molar-refractivity contribution in [1.82, 2.24) is 0 Å². The van der Waals surface area contributed by atoms with Crippen molar-refractivity contribution in [1.29, 1.82) is 0 Å². The Morgan fingerprint density at radius 2 is 1.95 bits per heavy atom. The summed E-state index contributed by atoms with van der Waals surface area (Å²) in [6, 6.07) is 10.0. The number of ether oxygens (including phenoxy) is 2. The van der Waals surface area contributed by atoms with Gasteiger partial charge < -0.3 is 14.6 Å². The van der Waals surface area contributed by atoms with E-state index in [1.54, 1.807) is 0 Å². The third-order valence-electron chi connectivity index (χ3n) is 3.83. The monoisotopic (exact) mass is 348 g/mol. The van der Waals surface area contributed by atoms with Crippen LogP contribution in [0.4, 0.5) is 0 Å². The van der Waals surface area contributed by atoms with E-state index in [9.17, 15) is 5.11 Å². The Kier molecular flexibility index (Phi) is 3.91. The van der Waals surface area contributed by atoms with Gasteiger partial charge in [-0.05, 0) is 64.2 Å². The minimum atomic E-state index is -0.571. The molecule has 0 aliphatic carbocycles. The van der Waals surface area contributed by atoms with Crippen molar-refractivity contribution in [3.8, 4) is 11.5 Å². The van der Waals surface area contributed by atoms with E-state index < -0.39 is 6.10 Å². The van der Waals surface area contributed by atoms with Crippen molar-refractivity contribution >= 4 is 15.9 Å². The molecule has 1 atom stereocenters. The first-order valence-corrected chi connectivity index (χ1v) is 7.67. The summed E-state index contributed by atoms with van der Waals surface area (Å²) in [5.41, 5.74) is 4.45. The van der Waals surface area contributed by atoms with Crippen LogP contribution in [0.1, 0.15) is 28.4 Å². The van der Waals surface area contributed by atoms with Crippen LogP contribution >= 0.6 is 15.9 Å². The lowest BCUT2D eigenvalue weighted by Crippen LogP contribution is -2.02. The highest BCUT2D eigenvalue weighted by atomic mass is 79.9. The van der Waals surface area contributed by atoms with Gasteiger partial charge in [-0.25, -0.2) is 0 Å². The molecule has 2 aromatic rings. The van der Waals surface area contributed by atoms with Gasteiger partial charge in [0, 0.05) is 6.42 Å². The number of rotatable bonds is 3. The zero-order valence-corrected chi connectivity index (χ0v) is 13.6. The fourth-order valence-electron chi connectivity index (χ4n) is 2.45. The summed E-state index contributed by atoms with van der Waals surface area (Å²) in [6.45, 7) is 4.40. The fraction of sp³-hybridized carbons (Fsp3) is 0.294. The van der Waals surface area contributed by atoms with Crippen LogP contribution in [-0.2, 0) is 6.42 Å². The summed E-state index contributed by atoms with van der Waals surface area (Å²) in [5.74, 6) is 1.38. The Morgan fingerprint density at radius 1 is 1.14 bits per heavy atom. The summed E-state index contributed by atoms with van der Waals surface area (Å²) in [7, 11) is 0. The number of fused-ring (bicyclic) bond motifs is 1. The van der Waals surface area contributed by atoms with Crippen LogP contribution in [0.2, 0.25) is 0 Å². The van der Waals surface area contributed by atoms with Gasteiger partial charge in [-0.1, -0.05) is 18.2 Å². The van der Waals surface area contributed by atoms with Crippen molar-refractivity contribution in [3.63, 3.8) is 0 Å². The zero-order chi connectivity index (χ0) is 15.0. The molecule has 0 saturated heterocycles. The number of hydrogen-bond donors (Lipinski definition) is 1. The predicted molar refractivity (Wildman–Crippen MR) is 84.8 cm³/mol. The van der Waals surface area contributed by atoms with Gasteiger partial charge in [0.15, 0.2) is 11.5 Å². The van der Waals surface area contributed by atoms with Crippen LogP contribution in [-0.4, -0.2) is 11.9 Å². The van der Waals surface area contributed by atoms with E-state index in [1.807, 2.05) is 12.1 Å². The summed E-state index contributed by atoms with van der Waals surface area (Å²) in [5, 5.41) is 10.5. The Balaban J connectivity index is 1.83. The SMILES string of the molecule is Cc1ccc(CC(O)c2cc(Br)c3c(c2)OCO3)cc1C. The molecule has 110 valence electrons. The molecular weight excluding hydrogens is 332 g/mol. The van der Waals surface area contributed by atoms with Gasteiger partial charge in [0.1, 0.15) is 0 Å². The molecule has 0 saturated carbocycles. The highest BCUT2D eigenvalue weighted by molar-refractivity contribution is 9.10. The maximum absolute atomic E-state index is 10.5. The van der Waals surface area contributed by atoms with Gasteiger partial charge in [-0.3, -0.25) is 0 Å². The molecule has 2 aromatic carbocycles. The van der Waals surface area contributed by atoms with Crippen LogP contribution in [0.15, 0.2) is 34.8 Å². The molecular formula is C17H17BrO3. The third-order valence-corrected chi connectivity index (χ3v) is 4.42. The number of aliphatic hydroxyl groups is 1. The maximum Gasteiger partial charge on any atom is 0.231 e. The number of halogens is 1. The smallest absolute Gasteiger partial charge is 0.231 e. The molecule has 0 bridgehead atoms. The second-order valence-corrected chi connectivity index (χ2v) is 6.23. The first-order valence-electron chi connectivity index (χ1n) is 6.88. The van der Waals surface area contributed by atoms with Gasteiger partial charge >= 0.3 is 0 Å². The first kappa shape index (κ1) is 14.4. The Labute approximate surface area is 132 Å². The normalized spacial score (nSPS) is 14.3. The molecule has 4 heteroatoms. The Hall–Kier alpha value is -1.52. The zero-order valence-electron chi connectivity index (χ0n) is 12.0. The standard InChI is InChI=1S/C17H17BrO3/c1-10-3-4-12(5-11(10)2)6-15(19)13-7-14(18)17-16(8-13)20-9-21-17/h3-5,7-8,15,19H,6,9H2,1-2H3. The van der Waals surface area contributed by atoms with E-state index in [0.29, 0.717) is 17.9 Å². The van der Waals surface area contributed by atoms with E-state index >= 15 is 0 Å². The minimum Gasteiger partial charge on any atom is -0.454 e. The van der Waals surface area contributed by atoms with E-state index in [1.165, 1.54) is 11.1 Å². The minimum absolute atomic E-state index is 0.227. The highest BCUT2D eigenvalue weighted by Gasteiger charge is 2.20. The number of aliphatic hydroxyl groups excluding tert-OH is 1. The van der Waals surface area contributed by atoms with E-state index in [-0.39, 0.29) is 6.79 Å². The quantitative estimate of drug-likeness (QED) is 0.908.